The van der Waals surface area contributed by atoms with Gasteiger partial charge in [-0.1, -0.05) is 13.8 Å². The third kappa shape index (κ3) is 2.99. The Kier molecular flexibility index (Phi) is 6.99. The van der Waals surface area contributed by atoms with Crippen molar-refractivity contribution in [1.82, 2.24) is 9.80 Å². The van der Waals surface area contributed by atoms with Crippen LogP contribution in [0.25, 0.3) is 0 Å². The van der Waals surface area contributed by atoms with Crippen LogP contribution in [0.4, 0.5) is 0 Å². The number of hydrogen-bond acceptors (Lipinski definition) is 2. The molecule has 2 saturated heterocycles. The monoisotopic (exact) mass is 410 g/mol. The van der Waals surface area contributed by atoms with E-state index in [0.717, 1.165) is 0 Å². The predicted molar refractivity (Wildman–Crippen MR) is 126 cm³/mol. The van der Waals surface area contributed by atoms with Gasteiger partial charge in [0.2, 0.25) is 0 Å². The third-order valence-corrected chi connectivity index (χ3v) is 9.72. The molecule has 29 heavy (non-hydrogen) atoms. The molecule has 0 amide bonds. The van der Waals surface area contributed by atoms with Crippen molar-refractivity contribution in [1.29, 1.82) is 0 Å². The Morgan fingerprint density at radius 1 is 0.793 bits per heavy atom. The Labute approximate surface area is 183 Å². The predicted octanol–water partition coefficient (Wildman–Crippen LogP) is 5.10. The minimum Gasteiger partial charge on any atom is -0.242 e. The zero-order valence-electron chi connectivity index (χ0n) is 22.1. The van der Waals surface area contributed by atoms with Gasteiger partial charge in [-0.2, -0.15) is 9.80 Å². The van der Waals surface area contributed by atoms with Gasteiger partial charge in [-0.3, -0.25) is 0 Å². The van der Waals surface area contributed by atoms with Crippen LogP contribution in [0, 0.1) is 0 Å². The van der Waals surface area contributed by atoms with Crippen LogP contribution in [0.3, 0.4) is 0 Å². The lowest BCUT2D eigenvalue weighted by atomic mass is 9.93. The largest absolute Gasteiger partial charge is 0.358 e. The molecule has 0 N–H and O–H groups in total. The second kappa shape index (κ2) is 8.07. The maximum atomic E-state index is 3.03. The molecular weight excluding hydrogens is 356 g/mol. The van der Waals surface area contributed by atoms with Crippen molar-refractivity contribution in [3.63, 3.8) is 0 Å². The van der Waals surface area contributed by atoms with Crippen molar-refractivity contribution in [2.45, 2.75) is 125 Å². The minimum atomic E-state index is 0.00481. The molecule has 0 aromatic rings. The van der Waals surface area contributed by atoms with Gasteiger partial charge >= 0.3 is 5.91 Å². The topological polar surface area (TPSA) is 6.48 Å². The smallest absolute Gasteiger partial charge is 0.242 e. The molecule has 0 radical (unpaired) electrons. The lowest BCUT2D eigenvalue weighted by molar-refractivity contribution is -1.18. The van der Waals surface area contributed by atoms with Crippen LogP contribution < -0.4 is 0 Å². The normalized spacial score (nSPS) is 33.1. The maximum absolute atomic E-state index is 3.03. The van der Waals surface area contributed by atoms with Crippen LogP contribution >= 0.6 is 0 Å². The Morgan fingerprint density at radius 3 is 1.66 bits per heavy atom. The van der Waals surface area contributed by atoms with E-state index < -0.39 is 0 Å². The van der Waals surface area contributed by atoms with Crippen LogP contribution in [0.5, 0.6) is 0 Å². The average Bonchev–Trinajstić information content (AvgIpc) is 3.12. The highest BCUT2D eigenvalue weighted by atomic mass is 15.9. The number of hydrogen-bond donors (Lipinski definition) is 0. The summed E-state index contributed by atoms with van der Waals surface area (Å²) in [5.74, 6) is 0.00481. The summed E-state index contributed by atoms with van der Waals surface area (Å²) in [6.07, 6.45) is 2.38. The van der Waals surface area contributed by atoms with Crippen LogP contribution in [-0.2, 0) is 0 Å². The van der Waals surface area contributed by atoms with Crippen molar-refractivity contribution >= 4 is 0 Å². The van der Waals surface area contributed by atoms with E-state index in [0.29, 0.717) is 12.1 Å². The molecule has 1 spiro atoms. The zero-order chi connectivity index (χ0) is 22.5. The fourth-order valence-electron chi connectivity index (χ4n) is 7.53. The van der Waals surface area contributed by atoms with Gasteiger partial charge in [0.1, 0.15) is 12.6 Å². The van der Waals surface area contributed by atoms with E-state index in [2.05, 4.69) is 92.9 Å². The minimum absolute atomic E-state index is 0.00481. The summed E-state index contributed by atoms with van der Waals surface area (Å²) in [4.78, 5) is 6.03. The van der Waals surface area contributed by atoms with Gasteiger partial charge < -0.3 is 0 Å². The lowest BCUT2D eigenvalue weighted by Crippen LogP contribution is -2.87. The van der Waals surface area contributed by atoms with E-state index in [1.54, 1.807) is 0 Å². The molecule has 4 nitrogen and oxygen atoms in total. The molecule has 2 aliphatic rings. The second-order valence-electron chi connectivity index (χ2n) is 11.2. The van der Waals surface area contributed by atoms with Crippen LogP contribution in [-0.4, -0.2) is 87.1 Å². The summed E-state index contributed by atoms with van der Waals surface area (Å²) in [5.41, 5.74) is 0.350. The number of nitrogens with zero attached hydrogens (tertiary/aromatic N) is 4. The molecule has 3 unspecified atom stereocenters. The van der Waals surface area contributed by atoms with Gasteiger partial charge in [0.25, 0.3) is 0 Å². The Balaban J connectivity index is 3.03. The van der Waals surface area contributed by atoms with Crippen LogP contribution in [0.15, 0.2) is 0 Å². The molecule has 0 saturated carbocycles. The van der Waals surface area contributed by atoms with Gasteiger partial charge in [-0.25, -0.2) is 8.97 Å². The summed E-state index contributed by atoms with van der Waals surface area (Å²) in [5, 5.41) is 0. The highest BCUT2D eigenvalue weighted by molar-refractivity contribution is 5.03. The van der Waals surface area contributed by atoms with E-state index in [9.17, 15) is 0 Å². The second-order valence-corrected chi connectivity index (χ2v) is 11.2. The first kappa shape index (κ1) is 25.1. The van der Waals surface area contributed by atoms with Crippen LogP contribution in [0.2, 0.25) is 0 Å². The average molecular weight is 411 g/mol. The summed E-state index contributed by atoms with van der Waals surface area (Å²) < 4.78 is 2.40. The fourth-order valence-corrected chi connectivity index (χ4v) is 7.53. The lowest BCUT2D eigenvalue weighted by Gasteiger charge is -2.63. The summed E-state index contributed by atoms with van der Waals surface area (Å²) >= 11 is 0. The number of rotatable bonds is 8. The molecule has 0 aromatic heterocycles. The van der Waals surface area contributed by atoms with Gasteiger partial charge in [-0.05, 0) is 82.1 Å². The molecule has 3 atom stereocenters. The fraction of sp³-hybridized carbons (Fsp3) is 1.00. The first-order valence-electron chi connectivity index (χ1n) is 12.7. The standard InChI is InChI=1S/C25H54N4/c1-13-23(9,10)26-19-22(8)29(17-5,18-6)25(26)27(24(11,12)14-2)21(7)20-28(25,15-3)16-4/h21-22H,13-20H2,1-12H3/q+2. The van der Waals surface area contributed by atoms with Gasteiger partial charge in [0.05, 0.1) is 38.8 Å². The number of quaternary nitrogens is 2. The number of likely N-dealkylation sites (N-methyl/N-ethyl adjacent to an activating group) is 2. The molecule has 2 aliphatic heterocycles. The van der Waals surface area contributed by atoms with Crippen molar-refractivity contribution < 1.29 is 8.97 Å². The molecule has 0 aromatic carbocycles. The van der Waals surface area contributed by atoms with E-state index in [4.69, 9.17) is 0 Å². The van der Waals surface area contributed by atoms with Crippen molar-refractivity contribution in [2.75, 3.05) is 39.3 Å². The summed E-state index contributed by atoms with van der Waals surface area (Å²) in [6.45, 7) is 37.0. The van der Waals surface area contributed by atoms with E-state index >= 15 is 0 Å². The SMILES string of the molecule is CCC(C)(C)N1CC(C)[N+](CC)(CC)C12N(C(C)(C)CC)C(C)C[N+]2(CC)CC. The first-order chi connectivity index (χ1) is 13.4. The Morgan fingerprint density at radius 2 is 1.28 bits per heavy atom. The van der Waals surface area contributed by atoms with Gasteiger partial charge in [0, 0.05) is 11.1 Å². The molecule has 2 rings (SSSR count). The maximum Gasteiger partial charge on any atom is 0.358 e. The molecule has 2 heterocycles. The molecule has 0 aliphatic carbocycles. The Hall–Kier alpha value is -0.160. The highest BCUT2D eigenvalue weighted by Crippen LogP contribution is 2.57. The molecule has 4 heteroatoms. The van der Waals surface area contributed by atoms with Crippen molar-refractivity contribution in [2.24, 2.45) is 0 Å². The third-order valence-electron chi connectivity index (χ3n) is 9.72. The van der Waals surface area contributed by atoms with Crippen molar-refractivity contribution in [3.05, 3.63) is 0 Å². The van der Waals surface area contributed by atoms with E-state index in [1.807, 2.05) is 0 Å². The van der Waals surface area contributed by atoms with Gasteiger partial charge in [0.15, 0.2) is 0 Å². The summed E-state index contributed by atoms with van der Waals surface area (Å²) in [6, 6.07) is 1.23. The first-order valence-corrected chi connectivity index (χ1v) is 12.7. The zero-order valence-corrected chi connectivity index (χ0v) is 22.1. The molecule has 2 fully saturated rings. The van der Waals surface area contributed by atoms with E-state index in [-0.39, 0.29) is 17.0 Å². The highest BCUT2D eigenvalue weighted by Gasteiger charge is 2.82. The molecule has 0 bridgehead atoms. The molecule has 172 valence electrons. The van der Waals surface area contributed by atoms with Crippen LogP contribution in [0.1, 0.15) is 95.9 Å². The molecular formula is C25H54N4+2. The quantitative estimate of drug-likeness (QED) is 0.514. The summed E-state index contributed by atoms with van der Waals surface area (Å²) in [7, 11) is 0. The van der Waals surface area contributed by atoms with Crippen molar-refractivity contribution in [3.8, 4) is 0 Å². The van der Waals surface area contributed by atoms with E-state index in [1.165, 1.54) is 61.1 Å². The Bertz CT molecular complexity index is 561. The van der Waals surface area contributed by atoms with Gasteiger partial charge in [-0.15, -0.1) is 0 Å².